The van der Waals surface area contributed by atoms with Crippen LogP contribution in [-0.2, 0) is 25.6 Å². The first-order valence-electron chi connectivity index (χ1n) is 15.1. The van der Waals surface area contributed by atoms with Gasteiger partial charge in [-0.2, -0.15) is 0 Å². The van der Waals surface area contributed by atoms with Crippen LogP contribution in [0.15, 0.2) is 97.1 Å². The number of amides is 4. The molecule has 2 saturated heterocycles. The van der Waals surface area contributed by atoms with Crippen molar-refractivity contribution in [1.29, 1.82) is 0 Å². The van der Waals surface area contributed by atoms with Crippen molar-refractivity contribution in [3.63, 3.8) is 0 Å². The highest BCUT2D eigenvalue weighted by atomic mass is 35.5. The zero-order chi connectivity index (χ0) is 32.5. The van der Waals surface area contributed by atoms with Gasteiger partial charge in [-0.3, -0.25) is 29.0 Å². The molecule has 0 spiro atoms. The molecule has 0 radical (unpaired) electrons. The molecule has 0 aromatic heterocycles. The summed E-state index contributed by atoms with van der Waals surface area (Å²) in [7, 11) is 1.34. The summed E-state index contributed by atoms with van der Waals surface area (Å²) in [6.45, 7) is 3.77. The topological polar surface area (TPSA) is 107 Å². The second-order valence-corrected chi connectivity index (χ2v) is 13.6. The van der Waals surface area contributed by atoms with Gasteiger partial charge in [0.05, 0.1) is 17.5 Å². The average molecular weight is 657 g/mol. The summed E-state index contributed by atoms with van der Waals surface area (Å²) in [6, 6.07) is 21.8. The van der Waals surface area contributed by atoms with Gasteiger partial charge in [0.2, 0.25) is 11.8 Å². The highest BCUT2D eigenvalue weighted by molar-refractivity contribution is 6.53. The Balaban J connectivity index is 1.29. The Labute approximate surface area is 276 Å². The number of carbonyl (C=O) groups excluding carboxylic acids is 4. The van der Waals surface area contributed by atoms with Crippen molar-refractivity contribution in [2.45, 2.75) is 34.9 Å². The predicted octanol–water partition coefficient (Wildman–Crippen LogP) is 6.06. The molecule has 2 aliphatic heterocycles. The lowest BCUT2D eigenvalue weighted by Gasteiger charge is -2.50. The highest BCUT2D eigenvalue weighted by Crippen LogP contribution is 2.66. The standard InChI is InChI=1S/C36H31Cl2N3O5/c1-3-8-20-9-7-12-26(30(20)42)29-24-17-18-25-28(27(24)19-35(37)33(45)40(2)34(46)36(29,35)38)32(44)41(31(25)43)23-15-13-22(14-16-23)39-21-10-5-4-6-11-21/h3-7,9-17,25,27-29,39,42H,1,8,18-19H2,2H3/t25-,27+,28-,29+,35+,36-/m0/s1. The molecule has 0 unspecified atom stereocenters. The summed E-state index contributed by atoms with van der Waals surface area (Å²) >= 11 is 14.5. The minimum Gasteiger partial charge on any atom is -0.507 e. The van der Waals surface area contributed by atoms with Gasteiger partial charge < -0.3 is 10.4 Å². The van der Waals surface area contributed by atoms with E-state index in [0.717, 1.165) is 16.3 Å². The van der Waals surface area contributed by atoms with Crippen LogP contribution in [0.2, 0.25) is 0 Å². The lowest BCUT2D eigenvalue weighted by Crippen LogP contribution is -2.60. The second-order valence-electron chi connectivity index (χ2n) is 12.4. The number of nitrogens with zero attached hydrogens (tertiary/aromatic N) is 2. The molecule has 234 valence electrons. The number of para-hydroxylation sites is 2. The van der Waals surface area contributed by atoms with E-state index in [2.05, 4.69) is 11.9 Å². The molecule has 2 heterocycles. The Morgan fingerprint density at radius 1 is 0.913 bits per heavy atom. The Morgan fingerprint density at radius 3 is 2.30 bits per heavy atom. The number of hydrogen-bond donors (Lipinski definition) is 2. The summed E-state index contributed by atoms with van der Waals surface area (Å²) in [4.78, 5) is 53.9. The number of fused-ring (bicyclic) bond motifs is 4. The summed E-state index contributed by atoms with van der Waals surface area (Å²) in [5.74, 6) is -5.38. The fraction of sp³-hybridized carbons (Fsp3) is 0.278. The van der Waals surface area contributed by atoms with Crippen molar-refractivity contribution >= 4 is 63.9 Å². The molecule has 0 bridgehead atoms. The number of aromatic hydroxyl groups is 1. The third-order valence-corrected chi connectivity index (χ3v) is 11.4. The maximum Gasteiger partial charge on any atom is 0.253 e. The van der Waals surface area contributed by atoms with Gasteiger partial charge in [-0.15, -0.1) is 29.8 Å². The number of halogens is 2. The number of anilines is 3. The fourth-order valence-corrected chi connectivity index (χ4v) is 8.90. The lowest BCUT2D eigenvalue weighted by atomic mass is 9.56. The highest BCUT2D eigenvalue weighted by Gasteiger charge is 2.76. The number of hydrogen-bond acceptors (Lipinski definition) is 6. The van der Waals surface area contributed by atoms with E-state index in [4.69, 9.17) is 23.2 Å². The van der Waals surface area contributed by atoms with Crippen molar-refractivity contribution in [2.24, 2.45) is 17.8 Å². The van der Waals surface area contributed by atoms with E-state index in [-0.39, 0.29) is 24.5 Å². The van der Waals surface area contributed by atoms with Gasteiger partial charge in [0, 0.05) is 29.9 Å². The molecule has 2 aliphatic carbocycles. The number of alkyl halides is 2. The zero-order valence-corrected chi connectivity index (χ0v) is 26.5. The normalized spacial score (nSPS) is 30.1. The van der Waals surface area contributed by atoms with Crippen LogP contribution in [0.5, 0.6) is 5.75 Å². The third-order valence-electron chi connectivity index (χ3n) is 10.0. The largest absolute Gasteiger partial charge is 0.507 e. The van der Waals surface area contributed by atoms with E-state index >= 15 is 0 Å². The number of imide groups is 2. The third kappa shape index (κ3) is 4.12. The van der Waals surface area contributed by atoms with E-state index in [9.17, 15) is 24.3 Å². The van der Waals surface area contributed by atoms with Crippen molar-refractivity contribution in [1.82, 2.24) is 4.90 Å². The number of phenols is 1. The van der Waals surface area contributed by atoms with Crippen LogP contribution in [0.4, 0.5) is 17.1 Å². The van der Waals surface area contributed by atoms with Crippen LogP contribution in [-0.4, -0.2) is 50.4 Å². The van der Waals surface area contributed by atoms with E-state index in [0.29, 0.717) is 28.8 Å². The predicted molar refractivity (Wildman–Crippen MR) is 176 cm³/mol. The van der Waals surface area contributed by atoms with Crippen molar-refractivity contribution < 1.29 is 24.3 Å². The van der Waals surface area contributed by atoms with Gasteiger partial charge in [0.25, 0.3) is 11.8 Å². The maximum absolute atomic E-state index is 14.3. The smallest absolute Gasteiger partial charge is 0.253 e. The molecule has 7 rings (SSSR count). The molecule has 6 atom stereocenters. The quantitative estimate of drug-likeness (QED) is 0.190. The molecule has 3 aromatic rings. The molecule has 1 saturated carbocycles. The summed E-state index contributed by atoms with van der Waals surface area (Å²) in [6.07, 6.45) is 3.98. The fourth-order valence-electron chi connectivity index (χ4n) is 7.89. The van der Waals surface area contributed by atoms with Crippen LogP contribution in [0.1, 0.15) is 29.9 Å². The summed E-state index contributed by atoms with van der Waals surface area (Å²) in [5.41, 5.74) is 3.65. The average Bonchev–Trinajstić information content (AvgIpc) is 3.38. The van der Waals surface area contributed by atoms with Crippen molar-refractivity contribution in [3.05, 3.63) is 108 Å². The Bertz CT molecular complexity index is 1840. The van der Waals surface area contributed by atoms with Gasteiger partial charge >= 0.3 is 0 Å². The van der Waals surface area contributed by atoms with Gasteiger partial charge in [-0.25, -0.2) is 0 Å². The number of allylic oxidation sites excluding steroid dienone is 3. The second kappa shape index (κ2) is 10.9. The van der Waals surface area contributed by atoms with Gasteiger partial charge in [0.1, 0.15) is 5.75 Å². The van der Waals surface area contributed by atoms with Crippen LogP contribution < -0.4 is 10.2 Å². The van der Waals surface area contributed by atoms with E-state index in [1.54, 1.807) is 48.5 Å². The maximum atomic E-state index is 14.3. The molecule has 2 N–H and O–H groups in total. The minimum atomic E-state index is -1.97. The Hall–Kier alpha value is -4.40. The van der Waals surface area contributed by atoms with E-state index in [1.165, 1.54) is 11.9 Å². The Morgan fingerprint density at radius 2 is 1.61 bits per heavy atom. The first kappa shape index (κ1) is 30.3. The Kier molecular flexibility index (Phi) is 7.14. The number of carbonyl (C=O) groups is 4. The molecule has 10 heteroatoms. The summed E-state index contributed by atoms with van der Waals surface area (Å²) < 4.78 is 0. The van der Waals surface area contributed by atoms with Crippen LogP contribution in [0, 0.1) is 17.8 Å². The van der Waals surface area contributed by atoms with E-state index < -0.39 is 51.1 Å². The number of nitrogens with one attached hydrogen (secondary N) is 1. The first-order valence-corrected chi connectivity index (χ1v) is 15.9. The number of benzene rings is 3. The molecular weight excluding hydrogens is 625 g/mol. The molecular formula is C36H31Cl2N3O5. The van der Waals surface area contributed by atoms with Crippen molar-refractivity contribution in [2.75, 3.05) is 17.3 Å². The molecule has 3 fully saturated rings. The van der Waals surface area contributed by atoms with E-state index in [1.807, 2.05) is 36.4 Å². The monoisotopic (exact) mass is 655 g/mol. The SMILES string of the molecule is C=CCc1cccc([C@H]2C3=CC[C@@H]4C(=O)N(c5ccc(Nc6ccccc6)cc5)C(=O)[C@@H]4[C@@H]3C[C@@]3(Cl)C(=O)N(C)C(=O)[C@@]23Cl)c1O. The molecule has 4 amide bonds. The first-order chi connectivity index (χ1) is 22.0. The van der Waals surface area contributed by atoms with Gasteiger partial charge in [0.15, 0.2) is 9.75 Å². The molecule has 4 aliphatic rings. The molecule has 3 aromatic carbocycles. The van der Waals surface area contributed by atoms with Crippen LogP contribution >= 0.6 is 23.2 Å². The minimum absolute atomic E-state index is 0.0791. The number of likely N-dealkylation sites (tertiary alicyclic amines) is 1. The van der Waals surface area contributed by atoms with Gasteiger partial charge in [-0.1, -0.05) is 54.1 Å². The van der Waals surface area contributed by atoms with Gasteiger partial charge in [-0.05, 0) is 67.1 Å². The number of phenolic OH excluding ortho intramolecular Hbond substituents is 1. The molecule has 46 heavy (non-hydrogen) atoms. The summed E-state index contributed by atoms with van der Waals surface area (Å²) in [5, 5.41) is 14.8. The van der Waals surface area contributed by atoms with Crippen LogP contribution in [0.25, 0.3) is 0 Å². The van der Waals surface area contributed by atoms with Crippen LogP contribution in [0.3, 0.4) is 0 Å². The van der Waals surface area contributed by atoms with Crippen molar-refractivity contribution in [3.8, 4) is 5.75 Å². The zero-order valence-electron chi connectivity index (χ0n) is 25.0. The number of rotatable bonds is 6. The molecule has 8 nitrogen and oxygen atoms in total. The lowest BCUT2D eigenvalue weighted by molar-refractivity contribution is -0.138.